The largest absolute Gasteiger partial charge is 0.416 e. The number of amides is 1. The van der Waals surface area contributed by atoms with Gasteiger partial charge in [-0.25, -0.2) is 4.98 Å². The predicted octanol–water partition coefficient (Wildman–Crippen LogP) is 4.08. The van der Waals surface area contributed by atoms with Gasteiger partial charge in [0, 0.05) is 31.7 Å². The Kier molecular flexibility index (Phi) is 6.85. The molecule has 172 valence electrons. The van der Waals surface area contributed by atoms with E-state index in [1.807, 2.05) is 30.3 Å². The van der Waals surface area contributed by atoms with Gasteiger partial charge >= 0.3 is 6.18 Å². The highest BCUT2D eigenvalue weighted by molar-refractivity contribution is 7.99. The SMILES string of the molecule is O=C(CSc1nc2c(c(=O)[nH]1)CN(Cc1ccccc1)CC2)Nc1ccc(C(F)(F)F)cc1. The summed E-state index contributed by atoms with van der Waals surface area (Å²) in [6, 6.07) is 14.3. The fourth-order valence-corrected chi connectivity index (χ4v) is 4.26. The molecule has 0 aliphatic carbocycles. The van der Waals surface area contributed by atoms with Gasteiger partial charge in [0.25, 0.3) is 5.56 Å². The third kappa shape index (κ3) is 6.02. The van der Waals surface area contributed by atoms with E-state index in [-0.39, 0.29) is 17.0 Å². The topological polar surface area (TPSA) is 78.1 Å². The molecule has 1 aliphatic heterocycles. The van der Waals surface area contributed by atoms with E-state index in [0.29, 0.717) is 23.7 Å². The summed E-state index contributed by atoms with van der Waals surface area (Å²) < 4.78 is 37.9. The van der Waals surface area contributed by atoms with Crippen LogP contribution in [0.2, 0.25) is 0 Å². The van der Waals surface area contributed by atoms with E-state index in [2.05, 4.69) is 20.2 Å². The Bertz CT molecular complexity index is 1180. The highest BCUT2D eigenvalue weighted by Gasteiger charge is 2.30. The van der Waals surface area contributed by atoms with Gasteiger partial charge in [-0.05, 0) is 29.8 Å². The Labute approximate surface area is 192 Å². The molecule has 2 N–H and O–H groups in total. The number of aromatic nitrogens is 2. The quantitative estimate of drug-likeness (QED) is 0.416. The van der Waals surface area contributed by atoms with E-state index in [4.69, 9.17) is 0 Å². The van der Waals surface area contributed by atoms with Crippen LogP contribution in [0.1, 0.15) is 22.4 Å². The Balaban J connectivity index is 1.34. The van der Waals surface area contributed by atoms with Gasteiger partial charge in [0.15, 0.2) is 5.16 Å². The number of thioether (sulfide) groups is 1. The van der Waals surface area contributed by atoms with E-state index in [0.717, 1.165) is 42.7 Å². The second-order valence-corrected chi connectivity index (χ2v) is 8.62. The third-order valence-corrected chi connectivity index (χ3v) is 6.08. The molecule has 0 fully saturated rings. The van der Waals surface area contributed by atoms with Crippen LogP contribution >= 0.6 is 11.8 Å². The van der Waals surface area contributed by atoms with Crippen LogP contribution in [-0.4, -0.2) is 33.1 Å². The Morgan fingerprint density at radius 3 is 2.55 bits per heavy atom. The second-order valence-electron chi connectivity index (χ2n) is 7.65. The lowest BCUT2D eigenvalue weighted by molar-refractivity contribution is -0.137. The summed E-state index contributed by atoms with van der Waals surface area (Å²) in [7, 11) is 0. The first kappa shape index (κ1) is 23.1. The van der Waals surface area contributed by atoms with Crippen LogP contribution in [0.4, 0.5) is 18.9 Å². The molecule has 0 saturated carbocycles. The molecular weight excluding hydrogens is 453 g/mol. The van der Waals surface area contributed by atoms with Gasteiger partial charge in [0.2, 0.25) is 5.91 Å². The van der Waals surface area contributed by atoms with Crippen molar-refractivity contribution < 1.29 is 18.0 Å². The molecule has 33 heavy (non-hydrogen) atoms. The van der Waals surface area contributed by atoms with Crippen LogP contribution in [0, 0.1) is 0 Å². The summed E-state index contributed by atoms with van der Waals surface area (Å²) in [4.78, 5) is 34.2. The van der Waals surface area contributed by atoms with Crippen LogP contribution < -0.4 is 10.9 Å². The van der Waals surface area contributed by atoms with Crippen LogP contribution in [0.25, 0.3) is 0 Å². The molecule has 0 unspecified atom stereocenters. The summed E-state index contributed by atoms with van der Waals surface area (Å²) in [5.41, 5.74) is 1.80. The Hall–Kier alpha value is -3.11. The first-order valence-corrected chi connectivity index (χ1v) is 11.2. The Morgan fingerprint density at radius 2 is 1.85 bits per heavy atom. The fourth-order valence-electron chi connectivity index (χ4n) is 3.58. The number of anilines is 1. The van der Waals surface area contributed by atoms with Crippen molar-refractivity contribution in [3.8, 4) is 0 Å². The number of fused-ring (bicyclic) bond motifs is 1. The van der Waals surface area contributed by atoms with Gasteiger partial charge < -0.3 is 10.3 Å². The van der Waals surface area contributed by atoms with Gasteiger partial charge in [-0.1, -0.05) is 42.1 Å². The molecule has 1 amide bonds. The molecule has 0 saturated heterocycles. The fraction of sp³-hybridized carbons (Fsp3) is 0.261. The molecule has 10 heteroatoms. The zero-order valence-electron chi connectivity index (χ0n) is 17.5. The molecule has 0 bridgehead atoms. The number of alkyl halides is 3. The van der Waals surface area contributed by atoms with E-state index in [1.54, 1.807) is 0 Å². The number of hydrogen-bond donors (Lipinski definition) is 2. The minimum Gasteiger partial charge on any atom is -0.325 e. The van der Waals surface area contributed by atoms with Gasteiger partial charge in [0.1, 0.15) is 0 Å². The molecule has 6 nitrogen and oxygen atoms in total. The molecule has 4 rings (SSSR count). The number of rotatable bonds is 6. The highest BCUT2D eigenvalue weighted by Crippen LogP contribution is 2.30. The van der Waals surface area contributed by atoms with E-state index in [1.165, 1.54) is 17.7 Å². The van der Waals surface area contributed by atoms with Gasteiger partial charge in [-0.2, -0.15) is 13.2 Å². The minimum atomic E-state index is -4.43. The van der Waals surface area contributed by atoms with E-state index >= 15 is 0 Å². The van der Waals surface area contributed by atoms with Crippen LogP contribution in [-0.2, 0) is 30.5 Å². The maximum atomic E-state index is 12.6. The van der Waals surface area contributed by atoms with Crippen LogP contribution in [0.5, 0.6) is 0 Å². The highest BCUT2D eigenvalue weighted by atomic mass is 32.2. The molecular formula is C23H21F3N4O2S. The first-order chi connectivity index (χ1) is 15.8. The lowest BCUT2D eigenvalue weighted by atomic mass is 10.1. The van der Waals surface area contributed by atoms with E-state index < -0.39 is 17.6 Å². The second kappa shape index (κ2) is 9.80. The zero-order chi connectivity index (χ0) is 23.4. The van der Waals surface area contributed by atoms with Gasteiger partial charge in [0.05, 0.1) is 22.6 Å². The van der Waals surface area contributed by atoms with Crippen molar-refractivity contribution in [1.29, 1.82) is 0 Å². The maximum absolute atomic E-state index is 12.6. The number of H-pyrrole nitrogens is 1. The molecule has 0 spiro atoms. The standard InChI is InChI=1S/C23H21F3N4O2S/c24-23(25,26)16-6-8-17(9-7-16)27-20(31)14-33-22-28-19-10-11-30(13-18(19)21(32)29-22)12-15-4-2-1-3-5-15/h1-9H,10-14H2,(H,27,31)(H,28,29,32). The van der Waals surface area contributed by atoms with Crippen molar-refractivity contribution in [2.75, 3.05) is 17.6 Å². The first-order valence-electron chi connectivity index (χ1n) is 10.3. The number of nitrogens with one attached hydrogen (secondary N) is 2. The molecule has 1 aromatic heterocycles. The van der Waals surface area contributed by atoms with Gasteiger partial charge in [-0.3, -0.25) is 14.5 Å². The number of halogens is 3. The number of carbonyl (C=O) groups excluding carboxylic acids is 1. The molecule has 0 atom stereocenters. The summed E-state index contributed by atoms with van der Waals surface area (Å²) >= 11 is 1.07. The maximum Gasteiger partial charge on any atom is 0.416 e. The molecule has 2 heterocycles. The van der Waals surface area contributed by atoms with Crippen LogP contribution in [0.15, 0.2) is 64.5 Å². The van der Waals surface area contributed by atoms with Gasteiger partial charge in [-0.15, -0.1) is 0 Å². The summed E-state index contributed by atoms with van der Waals surface area (Å²) in [6.07, 6.45) is -3.79. The number of nitrogens with zero attached hydrogens (tertiary/aromatic N) is 2. The number of benzene rings is 2. The smallest absolute Gasteiger partial charge is 0.325 e. The normalized spacial score (nSPS) is 14.0. The lowest BCUT2D eigenvalue weighted by Crippen LogP contribution is -2.35. The number of carbonyl (C=O) groups is 1. The third-order valence-electron chi connectivity index (χ3n) is 5.21. The average molecular weight is 475 g/mol. The predicted molar refractivity (Wildman–Crippen MR) is 120 cm³/mol. The van der Waals surface area contributed by atoms with Crippen molar-refractivity contribution in [2.24, 2.45) is 0 Å². The zero-order valence-corrected chi connectivity index (χ0v) is 18.3. The van der Waals surface area contributed by atoms with Crippen molar-refractivity contribution in [3.63, 3.8) is 0 Å². The van der Waals surface area contributed by atoms with Crippen molar-refractivity contribution in [1.82, 2.24) is 14.9 Å². The number of hydrogen-bond acceptors (Lipinski definition) is 5. The monoisotopic (exact) mass is 474 g/mol. The van der Waals surface area contributed by atoms with E-state index in [9.17, 15) is 22.8 Å². The molecule has 0 radical (unpaired) electrons. The summed E-state index contributed by atoms with van der Waals surface area (Å²) in [5, 5.41) is 2.89. The van der Waals surface area contributed by atoms with Crippen molar-refractivity contribution in [2.45, 2.75) is 30.8 Å². The lowest BCUT2D eigenvalue weighted by Gasteiger charge is -2.27. The average Bonchev–Trinajstić information content (AvgIpc) is 2.79. The molecule has 3 aromatic rings. The molecule has 2 aromatic carbocycles. The molecule has 1 aliphatic rings. The summed E-state index contributed by atoms with van der Waals surface area (Å²) in [6.45, 7) is 2.03. The van der Waals surface area contributed by atoms with Crippen molar-refractivity contribution in [3.05, 3.63) is 87.3 Å². The van der Waals surface area contributed by atoms with Crippen LogP contribution in [0.3, 0.4) is 0 Å². The number of aromatic amines is 1. The van der Waals surface area contributed by atoms with Crippen molar-refractivity contribution >= 4 is 23.4 Å². The summed E-state index contributed by atoms with van der Waals surface area (Å²) in [5.74, 6) is -0.447. The minimum absolute atomic E-state index is 0.0388. The Morgan fingerprint density at radius 1 is 1.12 bits per heavy atom.